The first-order valence-electron chi connectivity index (χ1n) is 21.9. The predicted molar refractivity (Wildman–Crippen MR) is 239 cm³/mol. The maximum absolute atomic E-state index is 13.6. The van der Waals surface area contributed by atoms with Crippen molar-refractivity contribution in [3.63, 3.8) is 0 Å². The molecule has 5 N–H and O–H groups in total. The first-order valence-corrected chi connectivity index (χ1v) is 22.3. The molecule has 1 aliphatic carbocycles. The van der Waals surface area contributed by atoms with E-state index in [1.807, 2.05) is 36.5 Å². The van der Waals surface area contributed by atoms with Gasteiger partial charge in [0.05, 0.1) is 28.1 Å². The molecule has 3 aromatic rings. The van der Waals surface area contributed by atoms with Crippen molar-refractivity contribution in [3.05, 3.63) is 94.1 Å². The maximum Gasteiger partial charge on any atom is 0.244 e. The first-order chi connectivity index (χ1) is 29.4. The smallest absolute Gasteiger partial charge is 0.244 e. The van der Waals surface area contributed by atoms with Crippen LogP contribution in [0.3, 0.4) is 0 Å². The van der Waals surface area contributed by atoms with Gasteiger partial charge in [0.2, 0.25) is 11.8 Å². The number of rotatable bonds is 11. The van der Waals surface area contributed by atoms with Gasteiger partial charge in [0.1, 0.15) is 35.7 Å². The number of halogens is 1. The van der Waals surface area contributed by atoms with Gasteiger partial charge >= 0.3 is 0 Å². The number of hydrogen-bond donors (Lipinski definition) is 5. The van der Waals surface area contributed by atoms with Crippen LogP contribution in [0.25, 0.3) is 5.57 Å². The number of fused-ring (bicyclic) bond motifs is 1. The fraction of sp³-hybridized carbons (Fsp3) is 0.521. The molecule has 2 unspecified atom stereocenters. The van der Waals surface area contributed by atoms with Gasteiger partial charge in [-0.3, -0.25) is 30.0 Å². The number of carbonyl (C=O) groups excluding carboxylic acids is 2. The third-order valence-electron chi connectivity index (χ3n) is 13.8. The third-order valence-corrected chi connectivity index (χ3v) is 14.1. The molecule has 13 nitrogen and oxygen atoms in total. The minimum Gasteiger partial charge on any atom is -0.489 e. The third kappa shape index (κ3) is 8.71. The van der Waals surface area contributed by atoms with Gasteiger partial charge in [-0.05, 0) is 79.9 Å². The summed E-state index contributed by atoms with van der Waals surface area (Å²) in [6.07, 6.45) is 2.63. The van der Waals surface area contributed by atoms with Crippen molar-refractivity contribution >= 4 is 29.0 Å². The second-order valence-corrected chi connectivity index (χ2v) is 19.8. The number of carbonyl (C=O) groups is 2. The highest BCUT2D eigenvalue weighted by molar-refractivity contribution is 6.31. The molecule has 5 aliphatic rings. The first kappa shape index (κ1) is 44.1. The van der Waals surface area contributed by atoms with Crippen LogP contribution in [-0.4, -0.2) is 109 Å². The largest absolute Gasteiger partial charge is 0.489 e. The van der Waals surface area contributed by atoms with Crippen LogP contribution in [0.1, 0.15) is 70.2 Å². The van der Waals surface area contributed by atoms with E-state index in [2.05, 4.69) is 77.0 Å². The number of nitriles is 1. The maximum atomic E-state index is 13.6. The number of likely N-dealkylation sites (N-methyl/N-ethyl adjacent to an activating group) is 1. The molecule has 0 aromatic heterocycles. The van der Waals surface area contributed by atoms with E-state index in [9.17, 15) is 20.0 Å². The minimum absolute atomic E-state index is 0.00901. The van der Waals surface area contributed by atoms with Crippen LogP contribution in [0.15, 0.2) is 66.9 Å². The van der Waals surface area contributed by atoms with Gasteiger partial charge in [-0.2, -0.15) is 5.26 Å². The van der Waals surface area contributed by atoms with E-state index in [1.54, 1.807) is 44.0 Å². The van der Waals surface area contributed by atoms with E-state index >= 15 is 0 Å². The monoisotopic (exact) mass is 864 g/mol. The van der Waals surface area contributed by atoms with Gasteiger partial charge in [-0.15, -0.1) is 0 Å². The molecule has 4 fully saturated rings. The lowest BCUT2D eigenvalue weighted by Gasteiger charge is -2.63. The van der Waals surface area contributed by atoms with Gasteiger partial charge < -0.3 is 30.1 Å². The standard InChI is InChI=1S/C48H61ClN8O5/c1-46(2)43(47(3,4)44(46)62-34-14-10-30(24-50)38(49)23-34)54-41(58)31-25-52-45(53-26-31)57-20-18-56(19-21-57)27-29-8-12-33(13-9-29)61-39-15-11-32(48(5,6)60)22-36(39)37-28-55(7)42(59)40-35(37)16-17-51-40/h8-15,22-23,28,31,35,40,43-45,51-53,60H,16-21,25-27H2,1-7H3,(H,54,58). The molecular weight excluding hydrogens is 804 g/mol. The summed E-state index contributed by atoms with van der Waals surface area (Å²) >= 11 is 6.27. The highest BCUT2D eigenvalue weighted by atomic mass is 35.5. The van der Waals surface area contributed by atoms with Crippen LogP contribution in [-0.2, 0) is 21.7 Å². The second-order valence-electron chi connectivity index (χ2n) is 19.4. The average Bonchev–Trinajstić information content (AvgIpc) is 3.75. The molecule has 2 amide bonds. The summed E-state index contributed by atoms with van der Waals surface area (Å²) in [6.45, 7) is 18.5. The van der Waals surface area contributed by atoms with Gasteiger partial charge in [0.15, 0.2) is 0 Å². The number of hydrogen-bond acceptors (Lipinski definition) is 11. The number of piperazine rings is 1. The minimum atomic E-state index is -1.03. The van der Waals surface area contributed by atoms with Gasteiger partial charge in [0, 0.05) is 93.5 Å². The summed E-state index contributed by atoms with van der Waals surface area (Å²) in [5, 5.41) is 34.4. The molecule has 8 rings (SSSR count). The molecule has 330 valence electrons. The fourth-order valence-electron chi connectivity index (χ4n) is 10.6. The van der Waals surface area contributed by atoms with E-state index < -0.39 is 5.60 Å². The Hall–Kier alpha value is -4.52. The molecule has 1 saturated carbocycles. The van der Waals surface area contributed by atoms with Crippen LogP contribution in [0.4, 0.5) is 0 Å². The van der Waals surface area contributed by atoms with Crippen LogP contribution >= 0.6 is 11.6 Å². The summed E-state index contributed by atoms with van der Waals surface area (Å²) in [5.74, 6) is 1.97. The Balaban J connectivity index is 0.810. The van der Waals surface area contributed by atoms with Crippen molar-refractivity contribution in [1.82, 2.24) is 36.0 Å². The fourth-order valence-corrected chi connectivity index (χ4v) is 10.8. The molecular formula is C48H61ClN8O5. The van der Waals surface area contributed by atoms with Crippen molar-refractivity contribution < 1.29 is 24.2 Å². The lowest BCUT2D eigenvalue weighted by molar-refractivity contribution is -0.174. The second kappa shape index (κ2) is 17.2. The van der Waals surface area contributed by atoms with Crippen molar-refractivity contribution in [2.45, 2.75) is 84.6 Å². The molecule has 0 radical (unpaired) electrons. The average molecular weight is 866 g/mol. The lowest BCUT2D eigenvalue weighted by Crippen LogP contribution is -2.75. The Labute approximate surface area is 370 Å². The molecule has 2 atom stereocenters. The normalized spacial score (nSPS) is 27.4. The molecule has 3 aromatic carbocycles. The van der Waals surface area contributed by atoms with Crippen LogP contribution < -0.4 is 30.7 Å². The molecule has 0 spiro atoms. The van der Waals surface area contributed by atoms with Crippen molar-refractivity contribution in [3.8, 4) is 23.3 Å². The van der Waals surface area contributed by atoms with Crippen molar-refractivity contribution in [1.29, 1.82) is 5.26 Å². The molecule has 4 aliphatic heterocycles. The highest BCUT2D eigenvalue weighted by Gasteiger charge is 2.64. The molecule has 0 bridgehead atoms. The van der Waals surface area contributed by atoms with Crippen molar-refractivity contribution in [2.24, 2.45) is 22.7 Å². The summed E-state index contributed by atoms with van der Waals surface area (Å²) < 4.78 is 13.0. The topological polar surface area (TPSA) is 154 Å². The number of amides is 2. The Bertz CT molecular complexity index is 2220. The molecule has 3 saturated heterocycles. The van der Waals surface area contributed by atoms with Gasteiger partial charge in [-0.25, -0.2) is 0 Å². The zero-order chi connectivity index (χ0) is 44.1. The van der Waals surface area contributed by atoms with E-state index in [0.717, 1.165) is 68.1 Å². The number of nitrogens with zero attached hydrogens (tertiary/aromatic N) is 4. The SMILES string of the molecule is CN1C=C(c2cc(C(C)(C)O)ccc2Oc2ccc(CN3CCN(C4NCC(C(=O)NC5C(C)(C)C(Oc6ccc(C#N)c(Cl)c6)C5(C)C)CN4)CC3)cc2)C2CCNC2C1=O. The summed E-state index contributed by atoms with van der Waals surface area (Å²) in [7, 11) is 1.79. The zero-order valence-corrected chi connectivity index (χ0v) is 37.7. The Morgan fingerprint density at radius 2 is 1.65 bits per heavy atom. The van der Waals surface area contributed by atoms with Crippen LogP contribution in [0.2, 0.25) is 5.02 Å². The zero-order valence-electron chi connectivity index (χ0n) is 36.9. The summed E-state index contributed by atoms with van der Waals surface area (Å²) in [5.41, 5.74) is 2.64. The van der Waals surface area contributed by atoms with Crippen molar-refractivity contribution in [2.75, 3.05) is 52.9 Å². The quantitative estimate of drug-likeness (QED) is 0.172. The number of aliphatic hydroxyl groups is 1. The van der Waals surface area contributed by atoms with E-state index in [0.29, 0.717) is 35.2 Å². The Kier molecular flexibility index (Phi) is 12.2. The number of benzene rings is 3. The predicted octanol–water partition coefficient (Wildman–Crippen LogP) is 5.23. The molecule has 14 heteroatoms. The van der Waals surface area contributed by atoms with Crippen LogP contribution in [0, 0.1) is 34.0 Å². The lowest BCUT2D eigenvalue weighted by atomic mass is 9.49. The summed E-state index contributed by atoms with van der Waals surface area (Å²) in [6, 6.07) is 21.0. The Morgan fingerprint density at radius 3 is 2.29 bits per heavy atom. The van der Waals surface area contributed by atoms with E-state index in [1.165, 1.54) is 5.56 Å². The number of nitrogens with one attached hydrogen (secondary N) is 4. The molecule has 4 heterocycles. The summed E-state index contributed by atoms with van der Waals surface area (Å²) in [4.78, 5) is 33.1. The Morgan fingerprint density at radius 1 is 0.968 bits per heavy atom. The highest BCUT2D eigenvalue weighted by Crippen LogP contribution is 2.55. The van der Waals surface area contributed by atoms with E-state index in [4.69, 9.17) is 21.1 Å². The van der Waals surface area contributed by atoms with E-state index in [-0.39, 0.29) is 59.0 Å². The van der Waals surface area contributed by atoms with Gasteiger partial charge in [-0.1, -0.05) is 57.5 Å². The molecule has 62 heavy (non-hydrogen) atoms. The van der Waals surface area contributed by atoms with Crippen LogP contribution in [0.5, 0.6) is 17.2 Å². The number of ether oxygens (including phenoxy) is 2. The van der Waals surface area contributed by atoms with Gasteiger partial charge in [0.25, 0.3) is 0 Å².